The number of esters is 1. The molecule has 0 radical (unpaired) electrons. The lowest BCUT2D eigenvalue weighted by Gasteiger charge is -2.14. The summed E-state index contributed by atoms with van der Waals surface area (Å²) < 4.78 is 36.6. The highest BCUT2D eigenvalue weighted by Crippen LogP contribution is 2.32. The van der Waals surface area contributed by atoms with E-state index in [9.17, 15) is 27.9 Å². The predicted octanol–water partition coefficient (Wildman–Crippen LogP) is 2.35. The van der Waals surface area contributed by atoms with Crippen LogP contribution >= 0.6 is 90.4 Å². The number of aromatic carboxylic acids is 1. The zero-order valence-corrected chi connectivity index (χ0v) is 22.5. The van der Waals surface area contributed by atoms with E-state index in [1.54, 1.807) is 0 Å². The molecule has 1 rings (SSSR count). The number of carbonyl (C=O) groups is 3. The summed E-state index contributed by atoms with van der Waals surface area (Å²) in [4.78, 5) is 35.6. The van der Waals surface area contributed by atoms with Gasteiger partial charge in [-0.2, -0.15) is 8.42 Å². The van der Waals surface area contributed by atoms with Crippen LogP contribution in [0.4, 0.5) is 0 Å². The third kappa shape index (κ3) is 7.66. The lowest BCUT2D eigenvalue weighted by molar-refractivity contribution is -0.142. The van der Waals surface area contributed by atoms with Crippen LogP contribution in [0.2, 0.25) is 0 Å². The van der Waals surface area contributed by atoms with Crippen molar-refractivity contribution in [3.05, 3.63) is 25.4 Å². The van der Waals surface area contributed by atoms with Gasteiger partial charge >= 0.3 is 11.9 Å². The molecule has 0 saturated heterocycles. The number of rotatable bonds is 8. The van der Waals surface area contributed by atoms with Crippen molar-refractivity contribution in [1.29, 1.82) is 0 Å². The molecule has 0 spiro atoms. The fourth-order valence-electron chi connectivity index (χ4n) is 1.75. The van der Waals surface area contributed by atoms with E-state index in [4.69, 9.17) is 4.55 Å². The first-order valence-electron chi connectivity index (χ1n) is 6.85. The van der Waals surface area contributed by atoms with Gasteiger partial charge in [-0.15, -0.1) is 0 Å². The van der Waals surface area contributed by atoms with E-state index >= 15 is 0 Å². The molecule has 0 unspecified atom stereocenters. The molecule has 0 aliphatic carbocycles. The second kappa shape index (κ2) is 11.0. The molecular formula is C13H11I4NO8S. The Morgan fingerprint density at radius 1 is 0.963 bits per heavy atom. The molecule has 3 N–H and O–H groups in total. The summed E-state index contributed by atoms with van der Waals surface area (Å²) in [6.45, 7) is -0.627. The van der Waals surface area contributed by atoms with E-state index in [2.05, 4.69) is 10.1 Å². The first-order chi connectivity index (χ1) is 12.4. The fourth-order valence-corrected chi connectivity index (χ4v) is 5.70. The molecule has 0 saturated carbocycles. The highest BCUT2D eigenvalue weighted by Gasteiger charge is 2.27. The number of nitrogens with one attached hydrogen (secondary N) is 1. The molecule has 0 aromatic heterocycles. The van der Waals surface area contributed by atoms with Crippen molar-refractivity contribution < 1.29 is 37.2 Å². The van der Waals surface area contributed by atoms with Crippen LogP contribution in [0.3, 0.4) is 0 Å². The summed E-state index contributed by atoms with van der Waals surface area (Å²) in [6.07, 6.45) is -0.241. The molecule has 0 heterocycles. The molecule has 1 aromatic carbocycles. The molecular weight excluding hydrogens is 838 g/mol. The molecule has 27 heavy (non-hydrogen) atoms. The van der Waals surface area contributed by atoms with Gasteiger partial charge in [0, 0.05) is 20.8 Å². The molecule has 1 aromatic rings. The fraction of sp³-hybridized carbons (Fsp3) is 0.308. The Kier molecular flexibility index (Phi) is 10.4. The number of hydrogen-bond acceptors (Lipinski definition) is 6. The summed E-state index contributed by atoms with van der Waals surface area (Å²) in [7, 11) is -4.22. The zero-order valence-electron chi connectivity index (χ0n) is 13.1. The van der Waals surface area contributed by atoms with Crippen LogP contribution in [-0.4, -0.2) is 54.8 Å². The number of halogens is 4. The number of carboxylic acid groups (broad SMARTS) is 1. The first-order valence-corrected chi connectivity index (χ1v) is 12.8. The predicted molar refractivity (Wildman–Crippen MR) is 129 cm³/mol. The zero-order chi connectivity index (χ0) is 20.9. The number of benzene rings is 1. The van der Waals surface area contributed by atoms with Crippen molar-refractivity contribution in [2.45, 2.75) is 6.42 Å². The summed E-state index contributed by atoms with van der Waals surface area (Å²) in [5, 5.41) is 11.9. The molecule has 150 valence electrons. The molecule has 0 atom stereocenters. The average Bonchev–Trinajstić information content (AvgIpc) is 2.54. The maximum Gasteiger partial charge on any atom is 0.337 e. The molecule has 0 aliphatic heterocycles. The minimum Gasteiger partial charge on any atom is -0.478 e. The Bertz CT molecular complexity index is 887. The molecule has 0 bridgehead atoms. The minimum atomic E-state index is -4.22. The van der Waals surface area contributed by atoms with Crippen LogP contribution < -0.4 is 5.32 Å². The van der Waals surface area contributed by atoms with Crippen LogP contribution in [0.15, 0.2) is 0 Å². The highest BCUT2D eigenvalue weighted by atomic mass is 127. The molecule has 1 amide bonds. The van der Waals surface area contributed by atoms with Gasteiger partial charge < -0.3 is 15.2 Å². The minimum absolute atomic E-state index is 0.0112. The van der Waals surface area contributed by atoms with E-state index in [0.717, 1.165) is 7.14 Å². The first kappa shape index (κ1) is 25.5. The van der Waals surface area contributed by atoms with Gasteiger partial charge in [-0.25, -0.2) is 4.79 Å². The number of ether oxygens (including phenoxy) is 1. The second-order valence-electron chi connectivity index (χ2n) is 4.82. The molecule has 14 heteroatoms. The SMILES string of the molecule is O=C(CCNC(=O)c1c(I)c(I)c(I)c(I)c1C(=O)O)OCCS(=O)(=O)O. The van der Waals surface area contributed by atoms with E-state index in [1.807, 2.05) is 90.4 Å². The largest absolute Gasteiger partial charge is 0.478 e. The van der Waals surface area contributed by atoms with Gasteiger partial charge in [0.2, 0.25) is 0 Å². The van der Waals surface area contributed by atoms with Crippen LogP contribution in [0.5, 0.6) is 0 Å². The van der Waals surface area contributed by atoms with Crippen LogP contribution in [0.1, 0.15) is 27.1 Å². The Balaban J connectivity index is 2.81. The smallest absolute Gasteiger partial charge is 0.337 e. The summed E-state index contributed by atoms with van der Waals surface area (Å²) in [5.74, 6) is -3.36. The van der Waals surface area contributed by atoms with Gasteiger partial charge in [-0.1, -0.05) is 0 Å². The van der Waals surface area contributed by atoms with Gasteiger partial charge in [0.05, 0.1) is 17.5 Å². The van der Waals surface area contributed by atoms with E-state index < -0.39 is 40.3 Å². The normalized spacial score (nSPS) is 11.1. The number of hydrogen-bond donors (Lipinski definition) is 3. The van der Waals surface area contributed by atoms with Crippen molar-refractivity contribution in [1.82, 2.24) is 5.32 Å². The molecule has 0 aliphatic rings. The maximum absolute atomic E-state index is 12.5. The second-order valence-corrected chi connectivity index (χ2v) is 10.7. The van der Waals surface area contributed by atoms with Gasteiger partial charge in [0.1, 0.15) is 12.4 Å². The van der Waals surface area contributed by atoms with Gasteiger partial charge in [-0.3, -0.25) is 14.1 Å². The monoisotopic (exact) mass is 849 g/mol. The van der Waals surface area contributed by atoms with E-state index in [-0.39, 0.29) is 24.1 Å². The number of amides is 1. The molecule has 9 nitrogen and oxygen atoms in total. The highest BCUT2D eigenvalue weighted by molar-refractivity contribution is 14.1. The quantitative estimate of drug-likeness (QED) is 0.119. The lowest BCUT2D eigenvalue weighted by atomic mass is 10.1. The van der Waals surface area contributed by atoms with Gasteiger partial charge in [-0.05, 0) is 90.4 Å². The van der Waals surface area contributed by atoms with Crippen molar-refractivity contribution in [2.75, 3.05) is 18.9 Å². The average molecular weight is 849 g/mol. The van der Waals surface area contributed by atoms with Gasteiger partial charge in [0.15, 0.2) is 0 Å². The van der Waals surface area contributed by atoms with E-state index in [0.29, 0.717) is 7.14 Å². The third-order valence-corrected chi connectivity index (χ3v) is 11.0. The standard InChI is InChI=1S/C13H11I4NO8S/c14-8-6(7(13(21)22)9(15)11(17)10(8)16)12(20)18-2-1-5(19)26-3-4-27(23,24)25/h1-4H2,(H,18,20)(H,21,22)(H,23,24,25). The maximum atomic E-state index is 12.5. The van der Waals surface area contributed by atoms with Crippen molar-refractivity contribution in [2.24, 2.45) is 0 Å². The van der Waals surface area contributed by atoms with Crippen LogP contribution in [0, 0.1) is 14.3 Å². The Morgan fingerprint density at radius 2 is 1.48 bits per heavy atom. The Hall–Kier alpha value is 0.460. The number of carbonyl (C=O) groups excluding carboxylic acids is 2. The molecule has 0 fully saturated rings. The van der Waals surface area contributed by atoms with E-state index in [1.165, 1.54) is 0 Å². The van der Waals surface area contributed by atoms with Crippen molar-refractivity contribution in [3.63, 3.8) is 0 Å². The summed E-state index contributed by atoms with van der Waals surface area (Å²) in [6, 6.07) is 0. The van der Waals surface area contributed by atoms with Crippen molar-refractivity contribution >= 4 is 118 Å². The Labute approximate surface area is 209 Å². The summed E-state index contributed by atoms with van der Waals surface area (Å²) in [5.41, 5.74) is -0.102. The number of carboxylic acids is 1. The van der Waals surface area contributed by atoms with Crippen molar-refractivity contribution in [3.8, 4) is 0 Å². The van der Waals surface area contributed by atoms with Crippen LogP contribution in [0.25, 0.3) is 0 Å². The summed E-state index contributed by atoms with van der Waals surface area (Å²) >= 11 is 7.81. The topological polar surface area (TPSA) is 147 Å². The lowest BCUT2D eigenvalue weighted by Crippen LogP contribution is -2.30. The van der Waals surface area contributed by atoms with Gasteiger partial charge in [0.25, 0.3) is 16.0 Å². The van der Waals surface area contributed by atoms with Crippen LogP contribution in [-0.2, 0) is 19.6 Å². The third-order valence-electron chi connectivity index (χ3n) is 2.93. The Morgan fingerprint density at radius 3 is 1.96 bits per heavy atom.